The van der Waals surface area contributed by atoms with Gasteiger partial charge in [0, 0.05) is 18.7 Å². The van der Waals surface area contributed by atoms with Crippen LogP contribution in [0.25, 0.3) is 0 Å². The van der Waals surface area contributed by atoms with Crippen molar-refractivity contribution >= 4 is 11.6 Å². The summed E-state index contributed by atoms with van der Waals surface area (Å²) in [7, 11) is 2.77. The number of nitrogens with zero attached hydrogens (tertiary/aromatic N) is 1. The van der Waals surface area contributed by atoms with Gasteiger partial charge in [0.1, 0.15) is 5.56 Å². The quantitative estimate of drug-likeness (QED) is 0.575. The number of amides is 1. The molecule has 0 aliphatic heterocycles. The van der Waals surface area contributed by atoms with Gasteiger partial charge in [-0.1, -0.05) is 0 Å². The smallest absolute Gasteiger partial charge is 0.286 e. The number of nitrogens with two attached hydrogens (primary N) is 1. The number of carbonyl (C=O) groups excluding carboxylic acids is 1. The van der Waals surface area contributed by atoms with Crippen molar-refractivity contribution in [2.75, 3.05) is 20.8 Å². The van der Waals surface area contributed by atoms with Crippen molar-refractivity contribution in [3.05, 3.63) is 27.8 Å². The largest absolute Gasteiger partial charge is 0.493 e. The first-order valence-electron chi connectivity index (χ1n) is 6.92. The maximum atomic E-state index is 12.2. The van der Waals surface area contributed by atoms with Crippen LogP contribution in [0.15, 0.2) is 12.1 Å². The molecule has 0 spiro atoms. The van der Waals surface area contributed by atoms with Crippen LogP contribution in [0.1, 0.15) is 23.2 Å². The fourth-order valence-corrected chi connectivity index (χ4v) is 2.20. The van der Waals surface area contributed by atoms with E-state index in [1.54, 1.807) is 0 Å². The number of rotatable bonds is 7. The first kappa shape index (κ1) is 16.0. The van der Waals surface area contributed by atoms with E-state index in [0.29, 0.717) is 5.92 Å². The van der Waals surface area contributed by atoms with Crippen LogP contribution in [0, 0.1) is 16.0 Å². The molecule has 1 atom stereocenters. The molecule has 8 nitrogen and oxygen atoms in total. The molecule has 1 aliphatic rings. The number of ether oxygens (including phenoxy) is 2. The number of methoxy groups -OCH3 is 2. The Hall–Kier alpha value is -2.35. The molecule has 1 fully saturated rings. The normalized spacial score (nSPS) is 15.0. The monoisotopic (exact) mass is 309 g/mol. The number of nitrogens with one attached hydrogen (secondary N) is 1. The van der Waals surface area contributed by atoms with Crippen LogP contribution in [-0.4, -0.2) is 37.6 Å². The molecule has 1 unspecified atom stereocenters. The third kappa shape index (κ3) is 3.45. The van der Waals surface area contributed by atoms with Gasteiger partial charge >= 0.3 is 0 Å². The molecule has 1 amide bonds. The zero-order valence-electron chi connectivity index (χ0n) is 12.5. The average molecular weight is 309 g/mol. The van der Waals surface area contributed by atoms with Crippen LogP contribution >= 0.6 is 0 Å². The summed E-state index contributed by atoms with van der Waals surface area (Å²) >= 11 is 0. The predicted molar refractivity (Wildman–Crippen MR) is 79.2 cm³/mol. The highest BCUT2D eigenvalue weighted by Crippen LogP contribution is 2.34. The van der Waals surface area contributed by atoms with Crippen molar-refractivity contribution in [1.29, 1.82) is 0 Å². The highest BCUT2D eigenvalue weighted by molar-refractivity contribution is 5.99. The van der Waals surface area contributed by atoms with E-state index in [2.05, 4.69) is 5.32 Å². The fraction of sp³-hybridized carbons (Fsp3) is 0.500. The Balaban J connectivity index is 2.22. The maximum Gasteiger partial charge on any atom is 0.286 e. The molecule has 3 N–H and O–H groups in total. The van der Waals surface area contributed by atoms with E-state index >= 15 is 0 Å². The summed E-state index contributed by atoms with van der Waals surface area (Å²) in [5, 5.41) is 13.8. The summed E-state index contributed by atoms with van der Waals surface area (Å²) in [4.78, 5) is 22.7. The second-order valence-corrected chi connectivity index (χ2v) is 5.19. The summed E-state index contributed by atoms with van der Waals surface area (Å²) in [6, 6.07) is 2.35. The SMILES string of the molecule is COc1cc(C(=O)NCC(N)C2CC2)c([N+](=O)[O-])cc1OC. The number of benzene rings is 1. The van der Waals surface area contributed by atoms with Gasteiger partial charge in [-0.2, -0.15) is 0 Å². The van der Waals surface area contributed by atoms with E-state index in [4.69, 9.17) is 15.2 Å². The van der Waals surface area contributed by atoms with E-state index in [9.17, 15) is 14.9 Å². The lowest BCUT2D eigenvalue weighted by Gasteiger charge is -2.13. The molecule has 1 saturated carbocycles. The lowest BCUT2D eigenvalue weighted by Crippen LogP contribution is -2.38. The summed E-state index contributed by atoms with van der Waals surface area (Å²) in [5.74, 6) is 0.328. The van der Waals surface area contributed by atoms with Crippen molar-refractivity contribution in [3.8, 4) is 11.5 Å². The predicted octanol–water partition coefficient (Wildman–Crippen LogP) is 1.08. The highest BCUT2D eigenvalue weighted by Gasteiger charge is 2.30. The highest BCUT2D eigenvalue weighted by atomic mass is 16.6. The van der Waals surface area contributed by atoms with Crippen LogP contribution in [-0.2, 0) is 0 Å². The van der Waals surface area contributed by atoms with Crippen molar-refractivity contribution < 1.29 is 19.2 Å². The lowest BCUT2D eigenvalue weighted by molar-refractivity contribution is -0.385. The zero-order chi connectivity index (χ0) is 16.3. The van der Waals surface area contributed by atoms with E-state index in [1.165, 1.54) is 26.4 Å². The van der Waals surface area contributed by atoms with Crippen molar-refractivity contribution in [2.24, 2.45) is 11.7 Å². The van der Waals surface area contributed by atoms with Gasteiger partial charge in [-0.3, -0.25) is 14.9 Å². The van der Waals surface area contributed by atoms with Gasteiger partial charge in [-0.05, 0) is 18.8 Å². The second-order valence-electron chi connectivity index (χ2n) is 5.19. The fourth-order valence-electron chi connectivity index (χ4n) is 2.20. The van der Waals surface area contributed by atoms with Crippen LogP contribution in [0.4, 0.5) is 5.69 Å². The van der Waals surface area contributed by atoms with E-state index in [0.717, 1.165) is 12.8 Å². The van der Waals surface area contributed by atoms with Gasteiger partial charge in [0.15, 0.2) is 11.5 Å². The number of carbonyl (C=O) groups is 1. The summed E-state index contributed by atoms with van der Waals surface area (Å²) in [6.07, 6.45) is 2.13. The molecule has 1 aromatic rings. The maximum absolute atomic E-state index is 12.2. The Bertz CT molecular complexity index is 586. The molecular formula is C14H19N3O5. The minimum atomic E-state index is -0.627. The van der Waals surface area contributed by atoms with Crippen LogP contribution < -0.4 is 20.5 Å². The first-order valence-corrected chi connectivity index (χ1v) is 6.92. The minimum Gasteiger partial charge on any atom is -0.493 e. The number of hydrogen-bond acceptors (Lipinski definition) is 6. The van der Waals surface area contributed by atoms with Crippen LogP contribution in [0.5, 0.6) is 11.5 Å². The Labute approximate surface area is 127 Å². The van der Waals surface area contributed by atoms with Gasteiger partial charge < -0.3 is 20.5 Å². The van der Waals surface area contributed by atoms with E-state index in [1.807, 2.05) is 0 Å². The Kier molecular flexibility index (Phi) is 4.81. The first-order chi connectivity index (χ1) is 10.5. The second kappa shape index (κ2) is 6.61. The summed E-state index contributed by atoms with van der Waals surface area (Å²) in [5.41, 5.74) is 5.50. The molecular weight excluding hydrogens is 290 g/mol. The molecule has 1 aliphatic carbocycles. The zero-order valence-corrected chi connectivity index (χ0v) is 12.5. The van der Waals surface area contributed by atoms with Crippen molar-refractivity contribution in [1.82, 2.24) is 5.32 Å². The Morgan fingerprint density at radius 2 is 2.00 bits per heavy atom. The van der Waals surface area contributed by atoms with E-state index in [-0.39, 0.29) is 35.3 Å². The third-order valence-electron chi connectivity index (χ3n) is 3.67. The lowest BCUT2D eigenvalue weighted by atomic mass is 10.1. The molecule has 0 saturated heterocycles. The third-order valence-corrected chi connectivity index (χ3v) is 3.67. The van der Waals surface area contributed by atoms with Gasteiger partial charge in [0.05, 0.1) is 25.2 Å². The molecule has 1 aromatic carbocycles. The van der Waals surface area contributed by atoms with Gasteiger partial charge in [0.25, 0.3) is 11.6 Å². The Morgan fingerprint density at radius 1 is 1.41 bits per heavy atom. The molecule has 2 rings (SSSR count). The summed E-state index contributed by atoms with van der Waals surface area (Å²) < 4.78 is 10.1. The van der Waals surface area contributed by atoms with Gasteiger partial charge in [0.2, 0.25) is 0 Å². The van der Waals surface area contributed by atoms with Gasteiger partial charge in [-0.15, -0.1) is 0 Å². The molecule has 8 heteroatoms. The molecule has 0 bridgehead atoms. The number of hydrogen-bond donors (Lipinski definition) is 2. The van der Waals surface area contributed by atoms with E-state index < -0.39 is 10.8 Å². The summed E-state index contributed by atoms with van der Waals surface area (Å²) in [6.45, 7) is 0.287. The average Bonchev–Trinajstić information content (AvgIpc) is 3.35. The number of nitro benzene ring substituents is 1. The molecule has 0 radical (unpaired) electrons. The van der Waals surface area contributed by atoms with Gasteiger partial charge in [-0.25, -0.2) is 0 Å². The molecule has 0 aromatic heterocycles. The van der Waals surface area contributed by atoms with Crippen LogP contribution in [0.2, 0.25) is 0 Å². The minimum absolute atomic E-state index is 0.0781. The molecule has 120 valence electrons. The molecule has 0 heterocycles. The standard InChI is InChI=1S/C14H19N3O5/c1-21-12-5-9(11(17(19)20)6-13(12)22-2)14(18)16-7-10(15)8-3-4-8/h5-6,8,10H,3-4,7,15H2,1-2H3,(H,16,18). The van der Waals surface area contributed by atoms with Crippen molar-refractivity contribution in [2.45, 2.75) is 18.9 Å². The van der Waals surface area contributed by atoms with Crippen LogP contribution in [0.3, 0.4) is 0 Å². The Morgan fingerprint density at radius 3 is 2.50 bits per heavy atom. The number of nitro groups is 1. The topological polar surface area (TPSA) is 117 Å². The molecule has 22 heavy (non-hydrogen) atoms. The van der Waals surface area contributed by atoms with Crippen molar-refractivity contribution in [3.63, 3.8) is 0 Å².